The molecule has 2 heterocycles. The number of amides is 2. The summed E-state index contributed by atoms with van der Waals surface area (Å²) in [5.74, 6) is -0.0415. The van der Waals surface area contributed by atoms with E-state index in [9.17, 15) is 18.0 Å². The molecule has 3 rings (SSSR count). The van der Waals surface area contributed by atoms with Gasteiger partial charge in [0.05, 0.1) is 17.5 Å². The second kappa shape index (κ2) is 11.6. The Morgan fingerprint density at radius 1 is 1.15 bits per heavy atom. The number of carbonyl (C=O) groups excluding carboxylic acids is 2. The Morgan fingerprint density at radius 2 is 1.85 bits per heavy atom. The maximum atomic E-state index is 12.9. The Morgan fingerprint density at radius 3 is 2.52 bits per heavy atom. The van der Waals surface area contributed by atoms with Crippen LogP contribution in [0.1, 0.15) is 39.5 Å². The fourth-order valence-corrected chi connectivity index (χ4v) is 6.46. The van der Waals surface area contributed by atoms with Gasteiger partial charge in [0.25, 0.3) is 0 Å². The van der Waals surface area contributed by atoms with Gasteiger partial charge in [-0.1, -0.05) is 37.1 Å². The van der Waals surface area contributed by atoms with E-state index >= 15 is 0 Å². The fourth-order valence-electron chi connectivity index (χ4n) is 4.54. The van der Waals surface area contributed by atoms with Gasteiger partial charge < -0.3 is 10.2 Å². The molecule has 2 amide bonds. The summed E-state index contributed by atoms with van der Waals surface area (Å²) in [6.07, 6.45) is 3.71. The van der Waals surface area contributed by atoms with Crippen LogP contribution in [0.2, 0.25) is 5.02 Å². The van der Waals surface area contributed by atoms with E-state index in [2.05, 4.69) is 12.2 Å². The summed E-state index contributed by atoms with van der Waals surface area (Å²) in [5, 5.41) is 3.29. The highest BCUT2D eigenvalue weighted by Gasteiger charge is 2.33. The average Bonchev–Trinajstić information content (AvgIpc) is 2.79. The molecule has 184 valence electrons. The summed E-state index contributed by atoms with van der Waals surface area (Å²) in [6.45, 7) is 6.91. The van der Waals surface area contributed by atoms with Crippen LogP contribution in [0, 0.1) is 5.92 Å². The molecular weight excluding hydrogens is 464 g/mol. The molecule has 2 atom stereocenters. The van der Waals surface area contributed by atoms with E-state index in [0.29, 0.717) is 19.6 Å². The first-order valence-electron chi connectivity index (χ1n) is 11.8. The molecule has 0 bridgehead atoms. The van der Waals surface area contributed by atoms with E-state index < -0.39 is 10.0 Å². The van der Waals surface area contributed by atoms with Crippen LogP contribution in [0.15, 0.2) is 29.2 Å². The van der Waals surface area contributed by atoms with Gasteiger partial charge in [0.1, 0.15) is 4.90 Å². The largest absolute Gasteiger partial charge is 0.353 e. The lowest BCUT2D eigenvalue weighted by Gasteiger charge is -2.37. The van der Waals surface area contributed by atoms with E-state index in [0.717, 1.165) is 32.2 Å². The third-order valence-corrected chi connectivity index (χ3v) is 8.79. The first-order valence-corrected chi connectivity index (χ1v) is 13.6. The van der Waals surface area contributed by atoms with Gasteiger partial charge in [0.2, 0.25) is 21.8 Å². The van der Waals surface area contributed by atoms with E-state index in [-0.39, 0.29) is 53.3 Å². The van der Waals surface area contributed by atoms with E-state index in [1.807, 2.05) is 11.8 Å². The summed E-state index contributed by atoms with van der Waals surface area (Å²) < 4.78 is 27.2. The van der Waals surface area contributed by atoms with Gasteiger partial charge in [-0.15, -0.1) is 0 Å². The maximum absolute atomic E-state index is 12.9. The normalized spacial score (nSPS) is 21.5. The Balaban J connectivity index is 1.50. The quantitative estimate of drug-likeness (QED) is 0.593. The zero-order valence-electron chi connectivity index (χ0n) is 19.5. The van der Waals surface area contributed by atoms with Gasteiger partial charge in [-0.05, 0) is 44.9 Å². The van der Waals surface area contributed by atoms with Crippen molar-refractivity contribution in [2.75, 3.05) is 45.8 Å². The molecule has 2 aliphatic rings. The van der Waals surface area contributed by atoms with Crippen LogP contribution in [0.3, 0.4) is 0 Å². The molecular formula is C23H35ClN4O4S. The molecule has 0 aromatic heterocycles. The number of carbonyl (C=O) groups is 2. The minimum Gasteiger partial charge on any atom is -0.353 e. The molecule has 10 heteroatoms. The van der Waals surface area contributed by atoms with Crippen molar-refractivity contribution in [1.29, 1.82) is 0 Å². The van der Waals surface area contributed by atoms with Gasteiger partial charge in [-0.3, -0.25) is 14.5 Å². The highest BCUT2D eigenvalue weighted by atomic mass is 35.5. The van der Waals surface area contributed by atoms with Gasteiger partial charge in [0, 0.05) is 38.8 Å². The average molecular weight is 499 g/mol. The van der Waals surface area contributed by atoms with Crippen molar-refractivity contribution in [1.82, 2.24) is 19.4 Å². The first-order chi connectivity index (χ1) is 15.7. The highest BCUT2D eigenvalue weighted by Crippen LogP contribution is 2.25. The molecule has 8 nitrogen and oxygen atoms in total. The SMILES string of the molecule is CCCC(C)NC(=O)C1CCCN(CC(=O)N2CCN(S(=O)(=O)c3ccccc3Cl)CC2)C1. The predicted molar refractivity (Wildman–Crippen MR) is 128 cm³/mol. The monoisotopic (exact) mass is 498 g/mol. The molecule has 2 saturated heterocycles. The zero-order valence-corrected chi connectivity index (χ0v) is 21.1. The Labute approximate surface area is 202 Å². The van der Waals surface area contributed by atoms with Crippen LogP contribution in [0.25, 0.3) is 0 Å². The third kappa shape index (κ3) is 6.68. The van der Waals surface area contributed by atoms with Crippen molar-refractivity contribution in [3.8, 4) is 0 Å². The van der Waals surface area contributed by atoms with Crippen LogP contribution >= 0.6 is 11.6 Å². The van der Waals surface area contributed by atoms with Crippen molar-refractivity contribution in [3.63, 3.8) is 0 Å². The van der Waals surface area contributed by atoms with E-state index in [1.165, 1.54) is 10.4 Å². The van der Waals surface area contributed by atoms with Crippen molar-refractivity contribution < 1.29 is 18.0 Å². The van der Waals surface area contributed by atoms with Crippen molar-refractivity contribution in [2.45, 2.75) is 50.5 Å². The van der Waals surface area contributed by atoms with Crippen molar-refractivity contribution >= 4 is 33.4 Å². The lowest BCUT2D eigenvalue weighted by atomic mass is 9.96. The number of halogens is 1. The van der Waals surface area contributed by atoms with Gasteiger partial charge >= 0.3 is 0 Å². The molecule has 2 unspecified atom stereocenters. The molecule has 1 aromatic carbocycles. The van der Waals surface area contributed by atoms with Crippen LogP contribution in [-0.4, -0.2) is 86.2 Å². The Kier molecular flexibility index (Phi) is 9.15. The highest BCUT2D eigenvalue weighted by molar-refractivity contribution is 7.89. The Bertz CT molecular complexity index is 934. The second-order valence-electron chi connectivity index (χ2n) is 8.99. The molecule has 0 spiro atoms. The molecule has 2 fully saturated rings. The van der Waals surface area contributed by atoms with Gasteiger partial charge in [-0.2, -0.15) is 4.31 Å². The number of nitrogens with one attached hydrogen (secondary N) is 1. The summed E-state index contributed by atoms with van der Waals surface area (Å²) in [5.41, 5.74) is 0. The molecule has 0 aliphatic carbocycles. The summed E-state index contributed by atoms with van der Waals surface area (Å²) in [6, 6.07) is 6.57. The van der Waals surface area contributed by atoms with Crippen LogP contribution < -0.4 is 5.32 Å². The number of nitrogens with zero attached hydrogens (tertiary/aromatic N) is 3. The molecule has 1 aromatic rings. The number of rotatable bonds is 8. The van der Waals surface area contributed by atoms with Crippen LogP contribution in [-0.2, 0) is 19.6 Å². The number of benzene rings is 1. The fraction of sp³-hybridized carbons (Fsp3) is 0.652. The maximum Gasteiger partial charge on any atom is 0.244 e. The molecule has 33 heavy (non-hydrogen) atoms. The minimum absolute atomic E-state index is 0.0230. The second-order valence-corrected chi connectivity index (χ2v) is 11.3. The molecule has 0 saturated carbocycles. The molecule has 2 aliphatic heterocycles. The lowest BCUT2D eigenvalue weighted by molar-refractivity contribution is -0.135. The van der Waals surface area contributed by atoms with E-state index in [4.69, 9.17) is 11.6 Å². The van der Waals surface area contributed by atoms with Crippen molar-refractivity contribution in [2.24, 2.45) is 5.92 Å². The number of sulfonamides is 1. The molecule has 0 radical (unpaired) electrons. The number of likely N-dealkylation sites (tertiary alicyclic amines) is 1. The topological polar surface area (TPSA) is 90.0 Å². The Hall–Kier alpha value is -1.68. The third-order valence-electron chi connectivity index (χ3n) is 6.39. The van der Waals surface area contributed by atoms with Crippen molar-refractivity contribution in [3.05, 3.63) is 29.3 Å². The summed E-state index contributed by atoms with van der Waals surface area (Å²) in [7, 11) is -3.69. The van der Waals surface area contributed by atoms with Crippen LogP contribution in [0.4, 0.5) is 0 Å². The molecule has 1 N–H and O–H groups in total. The minimum atomic E-state index is -3.69. The summed E-state index contributed by atoms with van der Waals surface area (Å²) >= 11 is 6.09. The number of hydrogen-bond acceptors (Lipinski definition) is 5. The lowest BCUT2D eigenvalue weighted by Crippen LogP contribution is -2.53. The zero-order chi connectivity index (χ0) is 24.0. The standard InChI is InChI=1S/C23H35ClN4O4S/c1-3-7-18(2)25-23(30)19-8-6-11-26(16-19)17-22(29)27-12-14-28(15-13-27)33(31,32)21-10-5-4-9-20(21)24/h4-5,9-10,18-19H,3,6-8,11-17H2,1-2H3,(H,25,30). The predicted octanol–water partition coefficient (Wildman–Crippen LogP) is 2.19. The summed E-state index contributed by atoms with van der Waals surface area (Å²) in [4.78, 5) is 29.3. The number of piperazine rings is 1. The number of piperidine rings is 1. The van der Waals surface area contributed by atoms with Gasteiger partial charge in [0.15, 0.2) is 0 Å². The van der Waals surface area contributed by atoms with E-state index in [1.54, 1.807) is 23.1 Å². The number of hydrogen-bond donors (Lipinski definition) is 1. The van der Waals surface area contributed by atoms with Gasteiger partial charge in [-0.25, -0.2) is 8.42 Å². The van der Waals surface area contributed by atoms with Crippen LogP contribution in [0.5, 0.6) is 0 Å². The smallest absolute Gasteiger partial charge is 0.244 e. The first kappa shape index (κ1) is 25.9.